The van der Waals surface area contributed by atoms with Gasteiger partial charge in [-0.05, 0) is 19.9 Å². The number of likely N-dealkylation sites (N-methyl/N-ethyl adjacent to an activating group) is 1. The summed E-state index contributed by atoms with van der Waals surface area (Å²) in [6.45, 7) is 4.27. The first kappa shape index (κ1) is 10.8. The highest BCUT2D eigenvalue weighted by atomic mass is 32.1. The van der Waals surface area contributed by atoms with Crippen molar-refractivity contribution < 1.29 is 0 Å². The molecular weight excluding hydrogens is 208 g/mol. The molecule has 5 heteroatoms. The van der Waals surface area contributed by atoms with Gasteiger partial charge in [0.1, 0.15) is 5.82 Å². The Morgan fingerprint density at radius 2 is 2.47 bits per heavy atom. The van der Waals surface area contributed by atoms with Crippen molar-refractivity contribution >= 4 is 16.7 Å². The molecular formula is C10H18N4S. The fraction of sp³-hybridized carbons (Fsp3) is 0.800. The molecule has 1 aliphatic rings. The fourth-order valence-electron chi connectivity index (χ4n) is 2.04. The second-order valence-corrected chi connectivity index (χ2v) is 4.62. The highest BCUT2D eigenvalue weighted by Gasteiger charge is 2.26. The number of hydrogen-bond donors (Lipinski definition) is 1. The zero-order chi connectivity index (χ0) is 10.7. The van der Waals surface area contributed by atoms with E-state index in [1.54, 1.807) is 0 Å². The van der Waals surface area contributed by atoms with E-state index in [1.165, 1.54) is 24.4 Å². The number of aromatic nitrogens is 2. The van der Waals surface area contributed by atoms with E-state index in [-0.39, 0.29) is 0 Å². The summed E-state index contributed by atoms with van der Waals surface area (Å²) in [6, 6.07) is 0.604. The molecule has 1 N–H and O–H groups in total. The van der Waals surface area contributed by atoms with Crippen LogP contribution in [0.4, 0.5) is 5.13 Å². The molecule has 0 bridgehead atoms. The van der Waals surface area contributed by atoms with Crippen LogP contribution in [0.5, 0.6) is 0 Å². The van der Waals surface area contributed by atoms with Gasteiger partial charge in [0.15, 0.2) is 0 Å². The number of rotatable bonds is 4. The lowest BCUT2D eigenvalue weighted by atomic mass is 10.2. The van der Waals surface area contributed by atoms with Crippen LogP contribution >= 0.6 is 11.5 Å². The van der Waals surface area contributed by atoms with Gasteiger partial charge in [-0.3, -0.25) is 0 Å². The number of anilines is 1. The van der Waals surface area contributed by atoms with Gasteiger partial charge in [0.05, 0.1) is 0 Å². The standard InChI is InChI=1S/C10H18N4S/c1-3-9-12-10(15-13-9)14-6-4-5-8(14)7-11-2/h8,11H,3-7H2,1-2H3. The molecule has 1 aliphatic heterocycles. The maximum atomic E-state index is 4.55. The smallest absolute Gasteiger partial charge is 0.205 e. The van der Waals surface area contributed by atoms with Crippen LogP contribution in [-0.4, -0.2) is 35.5 Å². The summed E-state index contributed by atoms with van der Waals surface area (Å²) in [7, 11) is 2.01. The minimum Gasteiger partial charge on any atom is -0.343 e. The predicted molar refractivity (Wildman–Crippen MR) is 63.6 cm³/mol. The minimum absolute atomic E-state index is 0.604. The molecule has 15 heavy (non-hydrogen) atoms. The van der Waals surface area contributed by atoms with E-state index in [2.05, 4.69) is 26.5 Å². The summed E-state index contributed by atoms with van der Waals surface area (Å²) < 4.78 is 4.34. The van der Waals surface area contributed by atoms with Crippen LogP contribution in [0, 0.1) is 0 Å². The Labute approximate surface area is 94.9 Å². The van der Waals surface area contributed by atoms with Crippen molar-refractivity contribution in [3.63, 3.8) is 0 Å². The van der Waals surface area contributed by atoms with E-state index in [9.17, 15) is 0 Å². The molecule has 0 spiro atoms. The molecule has 0 aromatic carbocycles. The number of nitrogens with zero attached hydrogens (tertiary/aromatic N) is 3. The summed E-state index contributed by atoms with van der Waals surface area (Å²) in [6.07, 6.45) is 3.47. The predicted octanol–water partition coefficient (Wildman–Crippen LogP) is 1.29. The van der Waals surface area contributed by atoms with Gasteiger partial charge in [0.2, 0.25) is 5.13 Å². The van der Waals surface area contributed by atoms with Crippen LogP contribution in [0.2, 0.25) is 0 Å². The summed E-state index contributed by atoms with van der Waals surface area (Å²) in [5.41, 5.74) is 0. The highest BCUT2D eigenvalue weighted by molar-refractivity contribution is 7.09. The lowest BCUT2D eigenvalue weighted by Crippen LogP contribution is -2.36. The van der Waals surface area contributed by atoms with Crippen molar-refractivity contribution in [3.8, 4) is 0 Å². The summed E-state index contributed by atoms with van der Waals surface area (Å²) in [5, 5.41) is 4.35. The van der Waals surface area contributed by atoms with Gasteiger partial charge in [-0.2, -0.15) is 4.37 Å². The van der Waals surface area contributed by atoms with E-state index >= 15 is 0 Å². The van der Waals surface area contributed by atoms with Crippen LogP contribution < -0.4 is 10.2 Å². The van der Waals surface area contributed by atoms with Crippen molar-refractivity contribution in [3.05, 3.63) is 5.82 Å². The van der Waals surface area contributed by atoms with Gasteiger partial charge in [-0.25, -0.2) is 4.98 Å². The fourth-order valence-corrected chi connectivity index (χ4v) is 2.89. The normalized spacial score (nSPS) is 21.2. The minimum atomic E-state index is 0.604. The molecule has 0 amide bonds. The van der Waals surface area contributed by atoms with Crippen LogP contribution in [0.1, 0.15) is 25.6 Å². The quantitative estimate of drug-likeness (QED) is 0.840. The van der Waals surface area contributed by atoms with Crippen molar-refractivity contribution in [2.24, 2.45) is 0 Å². The number of hydrogen-bond acceptors (Lipinski definition) is 5. The molecule has 1 fully saturated rings. The van der Waals surface area contributed by atoms with Gasteiger partial charge in [0, 0.05) is 37.1 Å². The third kappa shape index (κ3) is 2.29. The lowest BCUT2D eigenvalue weighted by Gasteiger charge is -2.22. The number of nitrogens with one attached hydrogen (secondary N) is 1. The Morgan fingerprint density at radius 1 is 1.60 bits per heavy atom. The van der Waals surface area contributed by atoms with Gasteiger partial charge >= 0.3 is 0 Å². The largest absolute Gasteiger partial charge is 0.343 e. The molecule has 1 atom stereocenters. The van der Waals surface area contributed by atoms with Crippen molar-refractivity contribution in [2.45, 2.75) is 32.2 Å². The first-order chi connectivity index (χ1) is 7.35. The molecule has 2 rings (SSSR count). The van der Waals surface area contributed by atoms with Gasteiger partial charge < -0.3 is 10.2 Å². The molecule has 4 nitrogen and oxygen atoms in total. The summed E-state index contributed by atoms with van der Waals surface area (Å²) >= 11 is 1.54. The van der Waals surface area contributed by atoms with Crippen molar-refractivity contribution in [1.82, 2.24) is 14.7 Å². The van der Waals surface area contributed by atoms with Gasteiger partial charge in [-0.1, -0.05) is 6.92 Å². The lowest BCUT2D eigenvalue weighted by molar-refractivity contribution is 0.614. The molecule has 1 unspecified atom stereocenters. The second kappa shape index (κ2) is 4.90. The monoisotopic (exact) mass is 226 g/mol. The van der Waals surface area contributed by atoms with Crippen molar-refractivity contribution in [2.75, 3.05) is 25.0 Å². The second-order valence-electron chi connectivity index (χ2n) is 3.89. The molecule has 1 saturated heterocycles. The SMILES string of the molecule is CCc1nsc(N2CCCC2CNC)n1. The zero-order valence-corrected chi connectivity index (χ0v) is 10.2. The van der Waals surface area contributed by atoms with E-state index < -0.39 is 0 Å². The third-order valence-corrected chi connectivity index (χ3v) is 3.63. The average Bonchev–Trinajstić information content (AvgIpc) is 2.85. The highest BCUT2D eigenvalue weighted by Crippen LogP contribution is 2.26. The topological polar surface area (TPSA) is 41.1 Å². The summed E-state index contributed by atoms with van der Waals surface area (Å²) in [5.74, 6) is 0.977. The third-order valence-electron chi connectivity index (χ3n) is 2.84. The van der Waals surface area contributed by atoms with E-state index in [1.807, 2.05) is 7.05 Å². The molecule has 1 aromatic rings. The summed E-state index contributed by atoms with van der Waals surface area (Å²) in [4.78, 5) is 6.94. The molecule has 84 valence electrons. The van der Waals surface area contributed by atoms with Gasteiger partial charge in [0.25, 0.3) is 0 Å². The molecule has 2 heterocycles. The Hall–Kier alpha value is -0.680. The maximum absolute atomic E-state index is 4.55. The van der Waals surface area contributed by atoms with Crippen LogP contribution in [-0.2, 0) is 6.42 Å². The van der Waals surface area contributed by atoms with Crippen LogP contribution in [0.3, 0.4) is 0 Å². The molecule has 0 saturated carbocycles. The number of aryl methyl sites for hydroxylation is 1. The van der Waals surface area contributed by atoms with E-state index in [4.69, 9.17) is 0 Å². The van der Waals surface area contributed by atoms with Crippen LogP contribution in [0.15, 0.2) is 0 Å². The Kier molecular flexibility index (Phi) is 3.53. The molecule has 0 radical (unpaired) electrons. The van der Waals surface area contributed by atoms with E-state index in [0.717, 1.165) is 30.5 Å². The van der Waals surface area contributed by atoms with Crippen molar-refractivity contribution in [1.29, 1.82) is 0 Å². The first-order valence-electron chi connectivity index (χ1n) is 5.59. The van der Waals surface area contributed by atoms with Gasteiger partial charge in [-0.15, -0.1) is 0 Å². The Balaban J connectivity index is 2.08. The maximum Gasteiger partial charge on any atom is 0.205 e. The first-order valence-corrected chi connectivity index (χ1v) is 6.36. The average molecular weight is 226 g/mol. The zero-order valence-electron chi connectivity index (χ0n) is 9.36. The Morgan fingerprint density at radius 3 is 3.13 bits per heavy atom. The van der Waals surface area contributed by atoms with E-state index in [0.29, 0.717) is 6.04 Å². The van der Waals surface area contributed by atoms with Crippen LogP contribution in [0.25, 0.3) is 0 Å². The molecule has 1 aromatic heterocycles. The molecule has 0 aliphatic carbocycles. The Bertz CT molecular complexity index is 312.